The fraction of sp³-hybridized carbons (Fsp3) is 0. The average molecular weight is 93.2 g/mol. The predicted octanol–water partition coefficient (Wildman–Crippen LogP) is -0.187. The smallest absolute Gasteiger partial charge is 0.171 e. The summed E-state index contributed by atoms with van der Waals surface area (Å²) in [5.41, 5.74) is 0. The molecule has 0 aromatic rings. The number of hydrogen-bond acceptors (Lipinski definition) is 2. The van der Waals surface area contributed by atoms with Crippen molar-refractivity contribution in [2.24, 2.45) is 0 Å². The zero-order chi connectivity index (χ0) is 3.41. The average Bonchev–Trinajstić information content (AvgIpc) is 1.37. The standard InChI is InChI=1S/HN2S2/c1-4-2-3/h1H/q+1. The minimum atomic E-state index is 0.546. The lowest BCUT2D eigenvalue weighted by Gasteiger charge is -0.949. The molecule has 0 aromatic carbocycles. The molecule has 0 unspecified atom stereocenters. The van der Waals surface area contributed by atoms with Crippen LogP contribution in [-0.2, 0) is 23.8 Å². The lowest BCUT2D eigenvalue weighted by atomic mass is 13.9. The highest BCUT2D eigenvalue weighted by Gasteiger charge is 1.39. The third kappa shape index (κ3) is 1.95. The lowest BCUT2D eigenvalue weighted by Crippen LogP contribution is -1.35. The van der Waals surface area contributed by atoms with Gasteiger partial charge >= 0.3 is 23.8 Å². The van der Waals surface area contributed by atoms with Gasteiger partial charge in [-0.15, -0.1) is 0 Å². The van der Waals surface area contributed by atoms with Gasteiger partial charge < -0.3 is 0 Å². The van der Waals surface area contributed by atoms with Crippen LogP contribution in [0.3, 0.4) is 0 Å². The van der Waals surface area contributed by atoms with Crippen LogP contribution < -0.4 is 3.41 Å². The Kier molecular flexibility index (Phi) is 2.91. The molecule has 1 N–H and O–H groups in total. The van der Waals surface area contributed by atoms with E-state index in [9.17, 15) is 0 Å². The third-order valence-corrected chi connectivity index (χ3v) is 0.335. The summed E-state index contributed by atoms with van der Waals surface area (Å²) in [5, 5.41) is 0. The Morgan fingerprint density at radius 1 is 2.00 bits per heavy atom. The second-order valence-corrected chi connectivity index (χ2v) is 0.945. The first-order valence-corrected chi connectivity index (χ1v) is 1.71. The van der Waals surface area contributed by atoms with Crippen LogP contribution in [-0.4, -0.2) is 0 Å². The second kappa shape index (κ2) is 2.95. The van der Waals surface area contributed by atoms with Gasteiger partial charge in [-0.3, -0.25) is 0 Å². The van der Waals surface area contributed by atoms with Gasteiger partial charge in [0.15, 0.2) is 0 Å². The van der Waals surface area contributed by atoms with Crippen LogP contribution in [0.5, 0.6) is 0 Å². The van der Waals surface area contributed by atoms with Crippen molar-refractivity contribution in [3.05, 3.63) is 0 Å². The van der Waals surface area contributed by atoms with E-state index in [0.717, 1.165) is 0 Å². The van der Waals surface area contributed by atoms with Crippen LogP contribution in [0.25, 0.3) is 0 Å². The van der Waals surface area contributed by atoms with Crippen molar-refractivity contribution in [1.82, 2.24) is 3.41 Å². The Morgan fingerprint density at radius 2 is 2.25 bits per heavy atom. The summed E-state index contributed by atoms with van der Waals surface area (Å²) in [4.78, 5) is 0. The van der Waals surface area contributed by atoms with Gasteiger partial charge in [0.25, 0.3) is 0 Å². The summed E-state index contributed by atoms with van der Waals surface area (Å²) in [7, 11) is 0. The predicted molar refractivity (Wildman–Crippen MR) is 19.6 cm³/mol. The lowest BCUT2D eigenvalue weighted by molar-refractivity contribution is 1.65. The molecule has 0 rings (SSSR count). The minimum Gasteiger partial charge on any atom is -0.171 e. The van der Waals surface area contributed by atoms with E-state index in [1.165, 1.54) is 0 Å². The van der Waals surface area contributed by atoms with Crippen LogP contribution in [0.1, 0.15) is 0 Å². The molecule has 0 saturated carbocycles. The molecule has 0 aliphatic heterocycles. The number of rotatable bonds is 0. The van der Waals surface area contributed by atoms with E-state index in [-0.39, 0.29) is 0 Å². The van der Waals surface area contributed by atoms with Crippen LogP contribution in [0, 0.1) is 4.78 Å². The zero-order valence-electron chi connectivity index (χ0n) is 1.76. The summed E-state index contributed by atoms with van der Waals surface area (Å²) in [6.07, 6.45) is 0. The first-order valence-electron chi connectivity index (χ1n) is 0.569. The molecule has 0 spiro atoms. The first-order chi connectivity index (χ1) is 1.91. The molecule has 0 heterocycles. The molecule has 0 amide bonds. The molecule has 4 heavy (non-hydrogen) atoms. The molecule has 0 bridgehead atoms. The van der Waals surface area contributed by atoms with E-state index < -0.39 is 0 Å². The molecule has 0 atom stereocenters. The van der Waals surface area contributed by atoms with Gasteiger partial charge in [-0.2, -0.15) is 4.78 Å². The van der Waals surface area contributed by atoms with Gasteiger partial charge in [-0.05, 0) is 0 Å². The SMILES string of the molecule is N=S=[N+]=S. The topological polar surface area (TPSA) is 38.0 Å². The molecule has 0 fully saturated rings. The van der Waals surface area contributed by atoms with Crippen LogP contribution >= 0.6 is 0 Å². The van der Waals surface area contributed by atoms with Gasteiger partial charge in [-0.25, -0.2) is 0 Å². The molecule has 22 valence electrons. The Bertz CT molecular complexity index is 54.1. The van der Waals surface area contributed by atoms with E-state index in [1.54, 1.807) is 0 Å². The Morgan fingerprint density at radius 3 is 2.25 bits per heavy atom. The van der Waals surface area contributed by atoms with Gasteiger partial charge in [0.2, 0.25) is 0 Å². The Balaban J connectivity index is 3.95. The maximum absolute atomic E-state index is 6.10. The Labute approximate surface area is 32.7 Å². The molecule has 0 saturated heterocycles. The Hall–Kier alpha value is -0.0500. The largest absolute Gasteiger partial charge is 0.445 e. The molecule has 2 nitrogen and oxygen atoms in total. The second-order valence-electron chi connectivity index (χ2n) is 0.166. The zero-order valence-corrected chi connectivity index (χ0v) is 3.40. The normalized spacial score (nSPS) is 4.00. The number of nitrogens with one attached hydrogen (secondary N) is 1. The molecule has 0 radical (unpaired) electrons. The maximum atomic E-state index is 6.10. The quantitative estimate of drug-likeness (QED) is 0.414. The number of nitrogens with zero attached hydrogens (tertiary/aromatic N) is 1. The van der Waals surface area contributed by atoms with E-state index >= 15 is 0 Å². The van der Waals surface area contributed by atoms with Crippen LogP contribution in [0.2, 0.25) is 0 Å². The highest BCUT2D eigenvalue weighted by Crippen LogP contribution is 1.02. The molecule has 4 heteroatoms. The van der Waals surface area contributed by atoms with Crippen molar-refractivity contribution < 1.29 is 0 Å². The first kappa shape index (κ1) is 3.95. The van der Waals surface area contributed by atoms with Gasteiger partial charge in [0.1, 0.15) is 3.41 Å². The molecular weight excluding hydrogens is 92.1 g/mol. The summed E-state index contributed by atoms with van der Waals surface area (Å²) in [5.74, 6) is 0. The van der Waals surface area contributed by atoms with E-state index in [2.05, 4.69) is 15.8 Å². The fourth-order valence-electron chi connectivity index (χ4n) is 0. The highest BCUT2D eigenvalue weighted by molar-refractivity contribution is 7.60. The van der Waals surface area contributed by atoms with Crippen LogP contribution in [0.4, 0.5) is 0 Å². The monoisotopic (exact) mass is 93.0 g/mol. The number of hydrogen-bond donors (Lipinski definition) is 1. The highest BCUT2D eigenvalue weighted by atomic mass is 32.1. The summed E-state index contributed by atoms with van der Waals surface area (Å²) >= 11 is 4.50. The molecule has 0 aliphatic carbocycles. The van der Waals surface area contributed by atoms with Crippen LogP contribution in [0.15, 0.2) is 0 Å². The molecule has 0 aromatic heterocycles. The fourth-order valence-corrected chi connectivity index (χ4v) is 0. The van der Waals surface area contributed by atoms with Gasteiger partial charge in [0.05, 0.1) is 0 Å². The van der Waals surface area contributed by atoms with Crippen molar-refractivity contribution in [3.63, 3.8) is 0 Å². The van der Waals surface area contributed by atoms with E-state index in [1.807, 2.05) is 0 Å². The van der Waals surface area contributed by atoms with E-state index in [4.69, 9.17) is 4.78 Å². The van der Waals surface area contributed by atoms with Crippen molar-refractivity contribution in [2.75, 3.05) is 0 Å². The summed E-state index contributed by atoms with van der Waals surface area (Å²) < 4.78 is 9.00. The van der Waals surface area contributed by atoms with E-state index in [0.29, 0.717) is 11.4 Å². The van der Waals surface area contributed by atoms with Crippen molar-refractivity contribution in [1.29, 1.82) is 4.78 Å². The van der Waals surface area contributed by atoms with Gasteiger partial charge in [-0.1, -0.05) is 0 Å². The molecular formula is HN2S2+. The minimum absolute atomic E-state index is 0.546. The maximum Gasteiger partial charge on any atom is 0.445 e. The summed E-state index contributed by atoms with van der Waals surface area (Å²) in [6.45, 7) is 0. The third-order valence-electron chi connectivity index (χ3n) is 0.0373. The van der Waals surface area contributed by atoms with Gasteiger partial charge in [0, 0.05) is 0 Å². The van der Waals surface area contributed by atoms with Crippen molar-refractivity contribution in [3.8, 4) is 0 Å². The van der Waals surface area contributed by atoms with Crippen molar-refractivity contribution in [2.45, 2.75) is 0 Å². The molecule has 0 aliphatic rings. The van der Waals surface area contributed by atoms with Crippen molar-refractivity contribution >= 4 is 23.8 Å². The summed E-state index contributed by atoms with van der Waals surface area (Å²) in [6, 6.07) is 0.